The number of rotatable bonds is 8. The molecule has 2 atom stereocenters. The lowest BCUT2D eigenvalue weighted by atomic mass is 9.95. The van der Waals surface area contributed by atoms with Crippen molar-refractivity contribution in [1.82, 2.24) is 5.32 Å². The average molecular weight is 258 g/mol. The van der Waals surface area contributed by atoms with Gasteiger partial charge in [0.25, 0.3) is 0 Å². The molecule has 2 unspecified atom stereocenters. The monoisotopic (exact) mass is 258 g/mol. The molecular formula is C13H26N2O3. The highest BCUT2D eigenvalue weighted by molar-refractivity contribution is 5.85. The van der Waals surface area contributed by atoms with E-state index in [-0.39, 0.29) is 24.3 Å². The number of carbonyl (C=O) groups excluding carboxylic acids is 1. The fraction of sp³-hybridized carbons (Fsp3) is 0.846. The van der Waals surface area contributed by atoms with E-state index in [0.717, 1.165) is 0 Å². The highest BCUT2D eigenvalue weighted by Gasteiger charge is 2.25. The Morgan fingerprint density at radius 1 is 1.11 bits per heavy atom. The van der Waals surface area contributed by atoms with Gasteiger partial charge in [-0.1, -0.05) is 27.7 Å². The molecule has 5 heteroatoms. The first-order valence-electron chi connectivity index (χ1n) is 6.51. The molecule has 0 aliphatic heterocycles. The number of hydrogen-bond donors (Lipinski definition) is 3. The van der Waals surface area contributed by atoms with Crippen molar-refractivity contribution in [3.05, 3.63) is 0 Å². The van der Waals surface area contributed by atoms with Gasteiger partial charge in [0.15, 0.2) is 0 Å². The Morgan fingerprint density at radius 2 is 1.61 bits per heavy atom. The molecule has 1 amide bonds. The third kappa shape index (κ3) is 6.59. The predicted molar refractivity (Wildman–Crippen MR) is 71.0 cm³/mol. The van der Waals surface area contributed by atoms with Crippen LogP contribution in [0.5, 0.6) is 0 Å². The fourth-order valence-electron chi connectivity index (χ4n) is 1.86. The van der Waals surface area contributed by atoms with Crippen LogP contribution in [0.4, 0.5) is 0 Å². The van der Waals surface area contributed by atoms with Crippen LogP contribution < -0.4 is 11.1 Å². The molecule has 0 bridgehead atoms. The van der Waals surface area contributed by atoms with Crippen molar-refractivity contribution < 1.29 is 14.7 Å². The molecule has 0 aromatic heterocycles. The minimum Gasteiger partial charge on any atom is -0.480 e. The molecule has 0 saturated carbocycles. The van der Waals surface area contributed by atoms with Crippen LogP contribution in [-0.2, 0) is 9.59 Å². The van der Waals surface area contributed by atoms with Gasteiger partial charge in [-0.2, -0.15) is 0 Å². The van der Waals surface area contributed by atoms with E-state index in [9.17, 15) is 9.59 Å². The molecule has 0 fully saturated rings. The molecule has 0 saturated heterocycles. The zero-order chi connectivity index (χ0) is 14.3. The molecule has 0 aliphatic rings. The van der Waals surface area contributed by atoms with Gasteiger partial charge >= 0.3 is 5.97 Å². The van der Waals surface area contributed by atoms with E-state index < -0.39 is 12.0 Å². The Morgan fingerprint density at radius 3 is 1.94 bits per heavy atom. The molecule has 0 aromatic carbocycles. The average Bonchev–Trinajstić information content (AvgIpc) is 2.23. The standard InChI is InChI=1S/C13H26N2O3/c1-8(2)5-10(7-14)12(16)15-11(13(17)18)6-9(3)4/h8-11H,5-7,14H2,1-4H3,(H,15,16)(H,17,18). The second kappa shape index (κ2) is 8.08. The predicted octanol–water partition coefficient (Wildman–Crippen LogP) is 1.22. The zero-order valence-electron chi connectivity index (χ0n) is 11.8. The van der Waals surface area contributed by atoms with Gasteiger partial charge in [-0.3, -0.25) is 4.79 Å². The molecule has 4 N–H and O–H groups in total. The van der Waals surface area contributed by atoms with Crippen molar-refractivity contribution in [3.8, 4) is 0 Å². The second-order valence-electron chi connectivity index (χ2n) is 5.59. The summed E-state index contributed by atoms with van der Waals surface area (Å²) in [6.45, 7) is 8.13. The largest absolute Gasteiger partial charge is 0.480 e. The normalized spacial score (nSPS) is 14.6. The van der Waals surface area contributed by atoms with Crippen LogP contribution in [0.3, 0.4) is 0 Å². The molecule has 106 valence electrons. The van der Waals surface area contributed by atoms with Crippen LogP contribution in [0, 0.1) is 17.8 Å². The van der Waals surface area contributed by atoms with Gasteiger partial charge in [-0.15, -0.1) is 0 Å². The van der Waals surface area contributed by atoms with Crippen molar-refractivity contribution >= 4 is 11.9 Å². The molecule has 0 heterocycles. The summed E-state index contributed by atoms with van der Waals surface area (Å²) in [5.74, 6) is -0.971. The van der Waals surface area contributed by atoms with Crippen molar-refractivity contribution in [1.29, 1.82) is 0 Å². The van der Waals surface area contributed by atoms with Gasteiger partial charge < -0.3 is 16.2 Å². The molecule has 0 rings (SSSR count). The van der Waals surface area contributed by atoms with Gasteiger partial charge in [0.05, 0.1) is 5.92 Å². The van der Waals surface area contributed by atoms with E-state index in [1.807, 2.05) is 27.7 Å². The van der Waals surface area contributed by atoms with Crippen LogP contribution in [0.2, 0.25) is 0 Å². The van der Waals surface area contributed by atoms with Crippen molar-refractivity contribution in [2.24, 2.45) is 23.5 Å². The van der Waals surface area contributed by atoms with E-state index >= 15 is 0 Å². The Kier molecular flexibility index (Phi) is 7.59. The van der Waals surface area contributed by atoms with E-state index in [0.29, 0.717) is 18.8 Å². The lowest BCUT2D eigenvalue weighted by molar-refractivity contribution is -0.143. The lowest BCUT2D eigenvalue weighted by Gasteiger charge is -2.21. The summed E-state index contributed by atoms with van der Waals surface area (Å²) in [7, 11) is 0. The van der Waals surface area contributed by atoms with Gasteiger partial charge in [0.1, 0.15) is 6.04 Å². The minimum atomic E-state index is -0.989. The van der Waals surface area contributed by atoms with Crippen molar-refractivity contribution in [2.45, 2.75) is 46.6 Å². The number of nitrogens with one attached hydrogen (secondary N) is 1. The van der Waals surface area contributed by atoms with Crippen LogP contribution >= 0.6 is 0 Å². The van der Waals surface area contributed by atoms with Crippen molar-refractivity contribution in [3.63, 3.8) is 0 Å². The molecule has 0 radical (unpaired) electrons. The number of carbonyl (C=O) groups is 2. The third-order valence-corrected chi connectivity index (χ3v) is 2.73. The molecular weight excluding hydrogens is 232 g/mol. The Balaban J connectivity index is 4.51. The van der Waals surface area contributed by atoms with Crippen LogP contribution in [0.25, 0.3) is 0 Å². The molecule has 18 heavy (non-hydrogen) atoms. The van der Waals surface area contributed by atoms with Crippen LogP contribution in [-0.4, -0.2) is 29.6 Å². The summed E-state index contributed by atoms with van der Waals surface area (Å²) < 4.78 is 0. The van der Waals surface area contributed by atoms with Crippen molar-refractivity contribution in [2.75, 3.05) is 6.54 Å². The summed E-state index contributed by atoms with van der Waals surface area (Å²) in [5.41, 5.74) is 5.57. The van der Waals surface area contributed by atoms with Gasteiger partial charge in [0.2, 0.25) is 5.91 Å². The summed E-state index contributed by atoms with van der Waals surface area (Å²) in [5, 5.41) is 11.6. The Bertz CT molecular complexity index is 277. The number of aliphatic carboxylic acids is 1. The first-order chi connectivity index (χ1) is 8.27. The first kappa shape index (κ1) is 16.9. The summed E-state index contributed by atoms with van der Waals surface area (Å²) >= 11 is 0. The van der Waals surface area contributed by atoms with E-state index in [1.54, 1.807) is 0 Å². The lowest BCUT2D eigenvalue weighted by Crippen LogP contribution is -2.46. The fourth-order valence-corrected chi connectivity index (χ4v) is 1.86. The number of carboxylic acids is 1. The highest BCUT2D eigenvalue weighted by Crippen LogP contribution is 2.12. The van der Waals surface area contributed by atoms with E-state index in [2.05, 4.69) is 5.32 Å². The van der Waals surface area contributed by atoms with Crippen LogP contribution in [0.15, 0.2) is 0 Å². The summed E-state index contributed by atoms with van der Waals surface area (Å²) in [6.07, 6.45) is 1.11. The Labute approximate surface area is 109 Å². The Hall–Kier alpha value is -1.10. The minimum absolute atomic E-state index is 0.216. The number of amides is 1. The summed E-state index contributed by atoms with van der Waals surface area (Å²) in [6, 6.07) is -0.821. The maximum absolute atomic E-state index is 12.0. The maximum atomic E-state index is 12.0. The second-order valence-corrected chi connectivity index (χ2v) is 5.59. The smallest absolute Gasteiger partial charge is 0.326 e. The van der Waals surface area contributed by atoms with Gasteiger partial charge in [0, 0.05) is 6.54 Å². The molecule has 0 aliphatic carbocycles. The first-order valence-corrected chi connectivity index (χ1v) is 6.51. The molecule has 0 spiro atoms. The molecule has 5 nitrogen and oxygen atoms in total. The van der Waals surface area contributed by atoms with E-state index in [4.69, 9.17) is 10.8 Å². The highest BCUT2D eigenvalue weighted by atomic mass is 16.4. The maximum Gasteiger partial charge on any atom is 0.326 e. The summed E-state index contributed by atoms with van der Waals surface area (Å²) in [4.78, 5) is 23.0. The zero-order valence-corrected chi connectivity index (χ0v) is 11.8. The quantitative estimate of drug-likeness (QED) is 0.610. The number of hydrogen-bond acceptors (Lipinski definition) is 3. The molecule has 0 aromatic rings. The topological polar surface area (TPSA) is 92.4 Å². The van der Waals surface area contributed by atoms with Gasteiger partial charge in [-0.05, 0) is 24.7 Å². The SMILES string of the molecule is CC(C)CC(CN)C(=O)NC(CC(C)C)C(=O)O. The number of carboxylic acid groups (broad SMARTS) is 1. The van der Waals surface area contributed by atoms with Crippen LogP contribution in [0.1, 0.15) is 40.5 Å². The number of nitrogens with two attached hydrogens (primary N) is 1. The third-order valence-electron chi connectivity index (χ3n) is 2.73. The van der Waals surface area contributed by atoms with E-state index in [1.165, 1.54) is 0 Å². The van der Waals surface area contributed by atoms with Gasteiger partial charge in [-0.25, -0.2) is 4.79 Å².